The lowest BCUT2D eigenvalue weighted by atomic mass is 9.91. The van der Waals surface area contributed by atoms with Gasteiger partial charge in [0.1, 0.15) is 11.1 Å². The molecule has 4 nitrogen and oxygen atoms in total. The molecule has 2 aromatic carbocycles. The van der Waals surface area contributed by atoms with Crippen LogP contribution in [0.3, 0.4) is 0 Å². The SMILES string of the molecule is C[C@@H]1C[C@H](C)CN(C(=O)c2cc3c(ccc4ccccc43)oc2=O)C1. The van der Waals surface area contributed by atoms with E-state index in [1.54, 1.807) is 17.0 Å². The summed E-state index contributed by atoms with van der Waals surface area (Å²) in [6.45, 7) is 5.67. The Kier molecular flexibility index (Phi) is 3.83. The van der Waals surface area contributed by atoms with Gasteiger partial charge in [-0.3, -0.25) is 4.79 Å². The first kappa shape index (κ1) is 15.9. The monoisotopic (exact) mass is 335 g/mol. The van der Waals surface area contributed by atoms with Crippen molar-refractivity contribution in [3.63, 3.8) is 0 Å². The average Bonchev–Trinajstić information content (AvgIpc) is 2.59. The molecule has 4 heteroatoms. The van der Waals surface area contributed by atoms with E-state index in [4.69, 9.17) is 4.42 Å². The number of carbonyl (C=O) groups excluding carboxylic acids is 1. The van der Waals surface area contributed by atoms with E-state index in [1.807, 2.05) is 30.3 Å². The van der Waals surface area contributed by atoms with Crippen molar-refractivity contribution in [3.05, 3.63) is 58.4 Å². The molecule has 2 heterocycles. The fourth-order valence-electron chi connectivity index (χ4n) is 4.02. The van der Waals surface area contributed by atoms with E-state index in [0.717, 1.165) is 22.6 Å². The van der Waals surface area contributed by atoms with Crippen LogP contribution < -0.4 is 5.63 Å². The lowest BCUT2D eigenvalue weighted by Crippen LogP contribution is -2.43. The van der Waals surface area contributed by atoms with Gasteiger partial charge in [-0.05, 0) is 41.2 Å². The summed E-state index contributed by atoms with van der Waals surface area (Å²) in [5.74, 6) is 0.670. The average molecular weight is 335 g/mol. The standard InChI is InChI=1S/C21H21NO3/c1-13-9-14(2)12-22(11-13)20(23)18-10-17-16-6-4-3-5-15(16)7-8-19(17)25-21(18)24/h3-8,10,13-14H,9,11-12H2,1-2H3/t13-,14+. The van der Waals surface area contributed by atoms with Crippen molar-refractivity contribution in [3.8, 4) is 0 Å². The highest BCUT2D eigenvalue weighted by atomic mass is 16.4. The predicted octanol–water partition coefficient (Wildman–Crippen LogP) is 4.06. The number of piperidine rings is 1. The van der Waals surface area contributed by atoms with Crippen molar-refractivity contribution in [2.24, 2.45) is 11.8 Å². The van der Waals surface area contributed by atoms with Crippen molar-refractivity contribution < 1.29 is 9.21 Å². The third kappa shape index (κ3) is 2.82. The molecule has 0 N–H and O–H groups in total. The number of amides is 1. The third-order valence-corrected chi connectivity index (χ3v) is 5.03. The second kappa shape index (κ2) is 6.03. The Bertz CT molecular complexity index is 1010. The van der Waals surface area contributed by atoms with Crippen molar-refractivity contribution in [2.75, 3.05) is 13.1 Å². The minimum absolute atomic E-state index is 0.130. The maximum Gasteiger partial charge on any atom is 0.349 e. The first-order chi connectivity index (χ1) is 12.0. The van der Waals surface area contributed by atoms with Gasteiger partial charge in [0.2, 0.25) is 0 Å². The minimum Gasteiger partial charge on any atom is -0.422 e. The molecule has 2 atom stereocenters. The maximum atomic E-state index is 13.0. The van der Waals surface area contributed by atoms with Crippen LogP contribution in [0.15, 0.2) is 51.7 Å². The molecule has 0 aliphatic carbocycles. The highest BCUT2D eigenvalue weighted by Crippen LogP contribution is 2.26. The molecule has 0 radical (unpaired) electrons. The summed E-state index contributed by atoms with van der Waals surface area (Å²) in [7, 11) is 0. The number of benzene rings is 2. The number of carbonyl (C=O) groups is 1. The summed E-state index contributed by atoms with van der Waals surface area (Å²) >= 11 is 0. The molecule has 1 aliphatic heterocycles. The van der Waals surface area contributed by atoms with Crippen LogP contribution in [0.5, 0.6) is 0 Å². The van der Waals surface area contributed by atoms with Gasteiger partial charge < -0.3 is 9.32 Å². The van der Waals surface area contributed by atoms with Crippen molar-refractivity contribution in [2.45, 2.75) is 20.3 Å². The minimum atomic E-state index is -0.557. The van der Waals surface area contributed by atoms with E-state index in [2.05, 4.69) is 13.8 Å². The van der Waals surface area contributed by atoms with E-state index in [9.17, 15) is 9.59 Å². The molecule has 1 fully saturated rings. The molecule has 128 valence electrons. The lowest BCUT2D eigenvalue weighted by molar-refractivity contribution is 0.0619. The molecule has 1 amide bonds. The van der Waals surface area contributed by atoms with Crippen LogP contribution in [-0.4, -0.2) is 23.9 Å². The summed E-state index contributed by atoms with van der Waals surface area (Å²) in [6, 6.07) is 13.3. The van der Waals surface area contributed by atoms with Crippen LogP contribution in [0.4, 0.5) is 0 Å². The summed E-state index contributed by atoms with van der Waals surface area (Å²) in [6.07, 6.45) is 1.11. The van der Waals surface area contributed by atoms with Crippen LogP contribution >= 0.6 is 0 Å². The molecule has 3 aromatic rings. The molecular weight excluding hydrogens is 314 g/mol. The molecule has 25 heavy (non-hydrogen) atoms. The first-order valence-corrected chi connectivity index (χ1v) is 8.78. The van der Waals surface area contributed by atoms with Crippen molar-refractivity contribution >= 4 is 27.6 Å². The summed E-state index contributed by atoms with van der Waals surface area (Å²) in [5, 5.41) is 2.85. The Labute approximate surface area is 146 Å². The van der Waals surface area contributed by atoms with E-state index in [-0.39, 0.29) is 11.5 Å². The Morgan fingerprint density at radius 2 is 1.76 bits per heavy atom. The van der Waals surface area contributed by atoms with Gasteiger partial charge in [-0.2, -0.15) is 0 Å². The number of hydrogen-bond donors (Lipinski definition) is 0. The van der Waals surface area contributed by atoms with Crippen LogP contribution in [0, 0.1) is 11.8 Å². The molecule has 1 saturated heterocycles. The molecule has 0 saturated carbocycles. The van der Waals surface area contributed by atoms with Gasteiger partial charge in [-0.25, -0.2) is 4.79 Å². The number of rotatable bonds is 1. The van der Waals surface area contributed by atoms with Crippen molar-refractivity contribution in [1.82, 2.24) is 4.90 Å². The zero-order chi connectivity index (χ0) is 17.6. The molecular formula is C21H21NO3. The topological polar surface area (TPSA) is 50.5 Å². The van der Waals surface area contributed by atoms with Gasteiger partial charge in [0.25, 0.3) is 5.91 Å². The molecule has 4 rings (SSSR count). The van der Waals surface area contributed by atoms with Crippen molar-refractivity contribution in [1.29, 1.82) is 0 Å². The molecule has 1 aromatic heterocycles. The largest absolute Gasteiger partial charge is 0.422 e. The second-order valence-corrected chi connectivity index (χ2v) is 7.30. The molecule has 0 spiro atoms. The van der Waals surface area contributed by atoms with E-state index >= 15 is 0 Å². The Balaban J connectivity index is 1.84. The Hall–Kier alpha value is -2.62. The van der Waals surface area contributed by atoms with Gasteiger partial charge in [-0.15, -0.1) is 0 Å². The summed E-state index contributed by atoms with van der Waals surface area (Å²) in [5.41, 5.74) is 0.0874. The highest BCUT2D eigenvalue weighted by molar-refractivity contribution is 6.07. The van der Waals surface area contributed by atoms with Crippen LogP contribution in [0.2, 0.25) is 0 Å². The van der Waals surface area contributed by atoms with E-state index < -0.39 is 5.63 Å². The van der Waals surface area contributed by atoms with Gasteiger partial charge >= 0.3 is 5.63 Å². The zero-order valence-corrected chi connectivity index (χ0v) is 14.5. The quantitative estimate of drug-likeness (QED) is 0.498. The first-order valence-electron chi connectivity index (χ1n) is 8.78. The lowest BCUT2D eigenvalue weighted by Gasteiger charge is -2.34. The highest BCUT2D eigenvalue weighted by Gasteiger charge is 2.28. The van der Waals surface area contributed by atoms with Crippen LogP contribution in [0.1, 0.15) is 30.6 Å². The molecule has 1 aliphatic rings. The fraction of sp³-hybridized carbons (Fsp3) is 0.333. The molecule has 0 bridgehead atoms. The zero-order valence-electron chi connectivity index (χ0n) is 14.5. The van der Waals surface area contributed by atoms with E-state index in [0.29, 0.717) is 30.5 Å². The third-order valence-electron chi connectivity index (χ3n) is 5.03. The second-order valence-electron chi connectivity index (χ2n) is 7.30. The van der Waals surface area contributed by atoms with E-state index in [1.165, 1.54) is 0 Å². The maximum absolute atomic E-state index is 13.0. The molecule has 0 unspecified atom stereocenters. The Morgan fingerprint density at radius 3 is 2.52 bits per heavy atom. The van der Waals surface area contributed by atoms with Crippen LogP contribution in [-0.2, 0) is 0 Å². The van der Waals surface area contributed by atoms with Crippen LogP contribution in [0.25, 0.3) is 21.7 Å². The van der Waals surface area contributed by atoms with Gasteiger partial charge in [0.05, 0.1) is 0 Å². The normalized spacial score (nSPS) is 21.0. The van der Waals surface area contributed by atoms with Gasteiger partial charge in [0, 0.05) is 18.5 Å². The summed E-state index contributed by atoms with van der Waals surface area (Å²) < 4.78 is 5.46. The Morgan fingerprint density at radius 1 is 1.04 bits per heavy atom. The predicted molar refractivity (Wildman–Crippen MR) is 98.8 cm³/mol. The van der Waals surface area contributed by atoms with Gasteiger partial charge in [-0.1, -0.05) is 44.2 Å². The smallest absolute Gasteiger partial charge is 0.349 e. The fourth-order valence-corrected chi connectivity index (χ4v) is 4.02. The van der Waals surface area contributed by atoms with Gasteiger partial charge in [0.15, 0.2) is 0 Å². The number of nitrogens with zero attached hydrogens (tertiary/aromatic N) is 1. The number of fused-ring (bicyclic) bond motifs is 3. The number of hydrogen-bond acceptors (Lipinski definition) is 3. The summed E-state index contributed by atoms with van der Waals surface area (Å²) in [4.78, 5) is 27.2. The number of likely N-dealkylation sites (tertiary alicyclic amines) is 1.